The smallest absolute Gasteiger partial charge is 0.157 e. The van der Waals surface area contributed by atoms with Crippen molar-refractivity contribution in [2.45, 2.75) is 12.8 Å². The van der Waals surface area contributed by atoms with Gasteiger partial charge in [0.1, 0.15) is 5.75 Å². The lowest BCUT2D eigenvalue weighted by atomic mass is 10.0. The zero-order chi connectivity index (χ0) is 9.54. The number of rotatable bonds is 0. The average molecular weight is 188 g/mol. The van der Waals surface area contributed by atoms with Crippen LogP contribution in [0.4, 0.5) is 0 Å². The van der Waals surface area contributed by atoms with Gasteiger partial charge in [0, 0.05) is 6.42 Å². The van der Waals surface area contributed by atoms with Crippen molar-refractivity contribution in [1.82, 2.24) is 20.2 Å². The van der Waals surface area contributed by atoms with E-state index in [0.717, 1.165) is 29.9 Å². The number of aromatic hydroxyl groups is 1. The van der Waals surface area contributed by atoms with Gasteiger partial charge in [0.25, 0.3) is 0 Å². The maximum Gasteiger partial charge on any atom is 0.157 e. The van der Waals surface area contributed by atoms with Gasteiger partial charge in [-0.3, -0.25) is 0 Å². The van der Waals surface area contributed by atoms with Crippen LogP contribution < -0.4 is 0 Å². The Bertz CT molecular complexity index is 491. The lowest BCUT2D eigenvalue weighted by molar-refractivity contribution is 0.473. The summed E-state index contributed by atoms with van der Waals surface area (Å²) in [6.45, 7) is 0. The van der Waals surface area contributed by atoms with Gasteiger partial charge in [-0.05, 0) is 40.6 Å². The topological polar surface area (TPSA) is 63.8 Å². The Morgan fingerprint density at radius 1 is 1.29 bits per heavy atom. The van der Waals surface area contributed by atoms with Crippen LogP contribution in [-0.2, 0) is 12.8 Å². The van der Waals surface area contributed by atoms with E-state index < -0.39 is 0 Å². The Labute approximate surface area is 80.0 Å². The maximum absolute atomic E-state index is 9.33. The van der Waals surface area contributed by atoms with Gasteiger partial charge in [0.15, 0.2) is 5.82 Å². The van der Waals surface area contributed by atoms with Crippen LogP contribution in [0.1, 0.15) is 11.4 Å². The molecule has 1 aliphatic rings. The Balaban J connectivity index is 2.26. The summed E-state index contributed by atoms with van der Waals surface area (Å²) in [5.74, 6) is 1.17. The highest BCUT2D eigenvalue weighted by Gasteiger charge is 2.17. The van der Waals surface area contributed by atoms with Crippen LogP contribution in [0, 0.1) is 0 Å². The molecule has 3 rings (SSSR count). The molecule has 0 aliphatic carbocycles. The average Bonchev–Trinajstić information content (AvgIpc) is 2.65. The highest BCUT2D eigenvalue weighted by atomic mass is 16.3. The number of phenolic OH excluding ortho intramolecular Hbond substituents is 1. The molecule has 0 amide bonds. The van der Waals surface area contributed by atoms with Gasteiger partial charge < -0.3 is 5.11 Å². The molecular weight excluding hydrogens is 180 g/mol. The van der Waals surface area contributed by atoms with E-state index in [-0.39, 0.29) is 0 Å². The van der Waals surface area contributed by atoms with Gasteiger partial charge in [0.2, 0.25) is 0 Å². The van der Waals surface area contributed by atoms with Crippen LogP contribution in [0.2, 0.25) is 0 Å². The number of benzene rings is 1. The first kappa shape index (κ1) is 7.49. The number of phenols is 1. The number of fused-ring (bicyclic) bond motifs is 3. The normalized spacial score (nSPS) is 13.4. The second-order valence-electron chi connectivity index (χ2n) is 3.32. The summed E-state index contributed by atoms with van der Waals surface area (Å²) in [5.41, 5.74) is 2.05. The van der Waals surface area contributed by atoms with Gasteiger partial charge >= 0.3 is 0 Å². The molecule has 2 aromatic rings. The fourth-order valence-corrected chi connectivity index (χ4v) is 1.77. The molecule has 1 aromatic carbocycles. The van der Waals surface area contributed by atoms with E-state index in [1.807, 2.05) is 6.07 Å². The molecular formula is C9H8N4O. The standard InChI is InChI=1S/C9H8N4O/c14-7-2-3-8-6(5-7)1-4-9-10-11-12-13(8)9/h2-3,5,14H,1,4H2. The molecule has 14 heavy (non-hydrogen) atoms. The molecule has 0 saturated carbocycles. The molecule has 0 atom stereocenters. The predicted molar refractivity (Wildman–Crippen MR) is 48.2 cm³/mol. The largest absolute Gasteiger partial charge is 0.508 e. The third-order valence-corrected chi connectivity index (χ3v) is 2.44. The Morgan fingerprint density at radius 2 is 2.21 bits per heavy atom. The monoisotopic (exact) mass is 188 g/mol. The number of aryl methyl sites for hydroxylation is 2. The molecule has 1 N–H and O–H groups in total. The second-order valence-corrected chi connectivity index (χ2v) is 3.32. The quantitative estimate of drug-likeness (QED) is 0.652. The van der Waals surface area contributed by atoms with Crippen LogP contribution in [0.3, 0.4) is 0 Å². The molecule has 1 aliphatic heterocycles. The lowest BCUT2D eigenvalue weighted by Gasteiger charge is -2.15. The Morgan fingerprint density at radius 3 is 3.14 bits per heavy atom. The highest BCUT2D eigenvalue weighted by Crippen LogP contribution is 2.25. The summed E-state index contributed by atoms with van der Waals surface area (Å²) in [7, 11) is 0. The van der Waals surface area contributed by atoms with E-state index in [4.69, 9.17) is 0 Å². The zero-order valence-corrected chi connectivity index (χ0v) is 7.38. The van der Waals surface area contributed by atoms with Crippen molar-refractivity contribution in [1.29, 1.82) is 0 Å². The van der Waals surface area contributed by atoms with Crippen molar-refractivity contribution in [3.05, 3.63) is 29.6 Å². The van der Waals surface area contributed by atoms with Gasteiger partial charge in [-0.2, -0.15) is 4.68 Å². The number of aromatic nitrogens is 4. The maximum atomic E-state index is 9.33. The summed E-state index contributed by atoms with van der Waals surface area (Å²) < 4.78 is 1.72. The van der Waals surface area contributed by atoms with E-state index in [1.54, 1.807) is 16.8 Å². The van der Waals surface area contributed by atoms with Gasteiger partial charge in [0.05, 0.1) is 5.69 Å². The second kappa shape index (κ2) is 2.54. The molecule has 0 unspecified atom stereocenters. The summed E-state index contributed by atoms with van der Waals surface area (Å²) in [6.07, 6.45) is 1.70. The van der Waals surface area contributed by atoms with Crippen LogP contribution in [0.5, 0.6) is 5.75 Å². The molecule has 0 radical (unpaired) electrons. The first-order valence-electron chi connectivity index (χ1n) is 4.44. The van der Waals surface area contributed by atoms with Gasteiger partial charge in [-0.25, -0.2) is 0 Å². The van der Waals surface area contributed by atoms with Crippen molar-refractivity contribution in [3.8, 4) is 11.4 Å². The van der Waals surface area contributed by atoms with Crippen molar-refractivity contribution in [2.75, 3.05) is 0 Å². The third kappa shape index (κ3) is 0.921. The lowest BCUT2D eigenvalue weighted by Crippen LogP contribution is -2.13. The van der Waals surface area contributed by atoms with Crippen molar-refractivity contribution < 1.29 is 5.11 Å². The van der Waals surface area contributed by atoms with E-state index in [2.05, 4.69) is 15.5 Å². The molecule has 2 heterocycles. The minimum absolute atomic E-state index is 0.292. The molecule has 70 valence electrons. The fraction of sp³-hybridized carbons (Fsp3) is 0.222. The van der Waals surface area contributed by atoms with Gasteiger partial charge in [-0.1, -0.05) is 0 Å². The minimum atomic E-state index is 0.292. The molecule has 0 fully saturated rings. The fourth-order valence-electron chi connectivity index (χ4n) is 1.77. The molecule has 1 aromatic heterocycles. The van der Waals surface area contributed by atoms with Crippen LogP contribution in [0.25, 0.3) is 5.69 Å². The minimum Gasteiger partial charge on any atom is -0.508 e. The molecule has 0 bridgehead atoms. The molecule has 0 spiro atoms. The van der Waals surface area contributed by atoms with Crippen LogP contribution >= 0.6 is 0 Å². The zero-order valence-electron chi connectivity index (χ0n) is 7.38. The molecule has 0 saturated heterocycles. The van der Waals surface area contributed by atoms with Gasteiger partial charge in [-0.15, -0.1) is 5.10 Å². The van der Waals surface area contributed by atoms with E-state index in [0.29, 0.717) is 5.75 Å². The van der Waals surface area contributed by atoms with E-state index in [9.17, 15) is 5.11 Å². The number of nitrogens with zero attached hydrogens (tertiary/aromatic N) is 4. The third-order valence-electron chi connectivity index (χ3n) is 2.44. The summed E-state index contributed by atoms with van der Waals surface area (Å²) in [4.78, 5) is 0. The van der Waals surface area contributed by atoms with Crippen molar-refractivity contribution in [3.63, 3.8) is 0 Å². The van der Waals surface area contributed by atoms with Crippen molar-refractivity contribution >= 4 is 0 Å². The number of tetrazole rings is 1. The van der Waals surface area contributed by atoms with E-state index in [1.165, 1.54) is 0 Å². The summed E-state index contributed by atoms with van der Waals surface area (Å²) in [5, 5.41) is 20.8. The number of hydrogen-bond acceptors (Lipinski definition) is 4. The first-order valence-corrected chi connectivity index (χ1v) is 4.44. The Kier molecular flexibility index (Phi) is 1.36. The first-order chi connectivity index (χ1) is 6.84. The Hall–Kier alpha value is -1.91. The number of hydrogen-bond donors (Lipinski definition) is 1. The highest BCUT2D eigenvalue weighted by molar-refractivity contribution is 5.47. The van der Waals surface area contributed by atoms with Crippen molar-refractivity contribution in [2.24, 2.45) is 0 Å². The SMILES string of the molecule is Oc1ccc2c(c1)CCc1nnnn1-2. The molecule has 5 heteroatoms. The summed E-state index contributed by atoms with van der Waals surface area (Å²) in [6, 6.07) is 5.25. The van der Waals surface area contributed by atoms with Crippen LogP contribution in [0.15, 0.2) is 18.2 Å². The summed E-state index contributed by atoms with van der Waals surface area (Å²) >= 11 is 0. The molecule has 5 nitrogen and oxygen atoms in total. The van der Waals surface area contributed by atoms with Crippen LogP contribution in [-0.4, -0.2) is 25.3 Å². The predicted octanol–water partition coefficient (Wildman–Crippen LogP) is 0.466. The van der Waals surface area contributed by atoms with E-state index >= 15 is 0 Å².